The van der Waals surface area contributed by atoms with Gasteiger partial charge in [0.2, 0.25) is 0 Å². The Morgan fingerprint density at radius 2 is 1.83 bits per heavy atom. The Balaban J connectivity index is 2.26. The quantitative estimate of drug-likeness (QED) is 0.684. The molecule has 2 aromatic carbocycles. The van der Waals surface area contributed by atoms with Crippen molar-refractivity contribution in [3.63, 3.8) is 0 Å². The molecule has 0 unspecified atom stereocenters. The Labute approximate surface area is 105 Å². The van der Waals surface area contributed by atoms with Crippen molar-refractivity contribution < 1.29 is 4.74 Å². The molecule has 3 heteroatoms. The predicted molar refractivity (Wildman–Crippen MR) is 71.5 cm³/mol. The van der Waals surface area contributed by atoms with Gasteiger partial charge in [0.05, 0.1) is 7.11 Å². The van der Waals surface area contributed by atoms with Crippen LogP contribution in [0.5, 0.6) is 5.75 Å². The van der Waals surface area contributed by atoms with Gasteiger partial charge in [0, 0.05) is 11.6 Å². The smallest absolute Gasteiger partial charge is 0.145 e. The fourth-order valence-electron chi connectivity index (χ4n) is 2.02. The molecule has 0 fully saturated rings. The van der Waals surface area contributed by atoms with E-state index in [9.17, 15) is 0 Å². The molecule has 0 radical (unpaired) electrons. The number of hydrogen-bond donors (Lipinski definition) is 0. The van der Waals surface area contributed by atoms with E-state index in [1.165, 1.54) is 6.33 Å². The van der Waals surface area contributed by atoms with Gasteiger partial charge in [0.1, 0.15) is 17.6 Å². The van der Waals surface area contributed by atoms with Crippen LogP contribution in [-0.2, 0) is 0 Å². The second kappa shape index (κ2) is 4.45. The van der Waals surface area contributed by atoms with Crippen LogP contribution in [0.2, 0.25) is 0 Å². The third-order valence-electron chi connectivity index (χ3n) is 2.90. The van der Waals surface area contributed by atoms with E-state index in [-0.39, 0.29) is 0 Å². The molecule has 0 atom stereocenters. The average Bonchev–Trinajstić information content (AvgIpc) is 2.47. The van der Waals surface area contributed by atoms with Crippen LogP contribution in [0.3, 0.4) is 0 Å². The summed E-state index contributed by atoms with van der Waals surface area (Å²) >= 11 is 0. The zero-order valence-electron chi connectivity index (χ0n) is 10.00. The Morgan fingerprint density at radius 1 is 1.00 bits per heavy atom. The molecule has 3 aromatic rings. The van der Waals surface area contributed by atoms with E-state index in [0.717, 1.165) is 27.8 Å². The van der Waals surface area contributed by atoms with Gasteiger partial charge >= 0.3 is 0 Å². The number of fused-ring (bicyclic) bond motifs is 1. The summed E-state index contributed by atoms with van der Waals surface area (Å²) in [7, 11) is 1.66. The van der Waals surface area contributed by atoms with Crippen molar-refractivity contribution >= 4 is 10.9 Å². The van der Waals surface area contributed by atoms with Crippen molar-refractivity contribution in [3.8, 4) is 16.9 Å². The molecule has 0 aliphatic rings. The van der Waals surface area contributed by atoms with Crippen LogP contribution in [0.1, 0.15) is 0 Å². The van der Waals surface area contributed by atoms with Crippen LogP contribution in [-0.4, -0.2) is 17.1 Å². The van der Waals surface area contributed by atoms with Crippen LogP contribution >= 0.6 is 0 Å². The van der Waals surface area contributed by atoms with E-state index >= 15 is 0 Å². The molecule has 3 nitrogen and oxygen atoms in total. The third kappa shape index (κ3) is 1.80. The van der Waals surface area contributed by atoms with Gasteiger partial charge < -0.3 is 4.74 Å². The fraction of sp³-hybridized carbons (Fsp3) is 0.0667. The summed E-state index contributed by atoms with van der Waals surface area (Å²) in [6.45, 7) is 0. The number of benzene rings is 2. The number of methoxy groups -OCH3 is 1. The summed E-state index contributed by atoms with van der Waals surface area (Å²) in [6, 6.07) is 14.3. The van der Waals surface area contributed by atoms with Crippen LogP contribution in [0, 0.1) is 0 Å². The van der Waals surface area contributed by atoms with Crippen molar-refractivity contribution in [2.75, 3.05) is 7.11 Å². The first-order chi connectivity index (χ1) is 8.88. The molecule has 18 heavy (non-hydrogen) atoms. The largest absolute Gasteiger partial charge is 0.494 e. The Kier molecular flexibility index (Phi) is 2.65. The Morgan fingerprint density at radius 3 is 2.61 bits per heavy atom. The molecule has 3 rings (SSSR count). The van der Waals surface area contributed by atoms with Gasteiger partial charge in [-0.1, -0.05) is 30.3 Å². The van der Waals surface area contributed by atoms with Crippen molar-refractivity contribution in [2.45, 2.75) is 0 Å². The van der Waals surface area contributed by atoms with Gasteiger partial charge in [-0.3, -0.25) is 0 Å². The van der Waals surface area contributed by atoms with Gasteiger partial charge in [-0.25, -0.2) is 9.97 Å². The average molecular weight is 236 g/mol. The van der Waals surface area contributed by atoms with Crippen LogP contribution < -0.4 is 4.74 Å². The second-order valence-electron chi connectivity index (χ2n) is 4.01. The summed E-state index contributed by atoms with van der Waals surface area (Å²) < 4.78 is 5.40. The SMILES string of the molecule is COc1cc(-c2ccccc2)cc2cncnc12. The first kappa shape index (κ1) is 10.7. The number of ether oxygens (including phenoxy) is 1. The molecule has 0 aliphatic heterocycles. The van der Waals surface area contributed by atoms with E-state index in [1.54, 1.807) is 13.3 Å². The van der Waals surface area contributed by atoms with Crippen molar-refractivity contribution in [2.24, 2.45) is 0 Å². The normalized spacial score (nSPS) is 10.5. The molecule has 1 aromatic heterocycles. The molecule has 1 heterocycles. The molecule has 0 bridgehead atoms. The highest BCUT2D eigenvalue weighted by atomic mass is 16.5. The molecule has 0 N–H and O–H groups in total. The van der Waals surface area contributed by atoms with E-state index in [2.05, 4.69) is 28.2 Å². The maximum atomic E-state index is 5.40. The minimum absolute atomic E-state index is 0.772. The topological polar surface area (TPSA) is 35.0 Å². The Hall–Kier alpha value is -2.42. The van der Waals surface area contributed by atoms with Gasteiger partial charge in [0.25, 0.3) is 0 Å². The number of hydrogen-bond acceptors (Lipinski definition) is 3. The van der Waals surface area contributed by atoms with Gasteiger partial charge in [-0.2, -0.15) is 0 Å². The van der Waals surface area contributed by atoms with Crippen LogP contribution in [0.4, 0.5) is 0 Å². The lowest BCUT2D eigenvalue weighted by Gasteiger charge is -2.08. The lowest BCUT2D eigenvalue weighted by atomic mass is 10.0. The first-order valence-corrected chi connectivity index (χ1v) is 5.71. The lowest BCUT2D eigenvalue weighted by Crippen LogP contribution is -1.90. The van der Waals surface area contributed by atoms with Gasteiger partial charge in [-0.05, 0) is 23.3 Å². The van der Waals surface area contributed by atoms with Crippen molar-refractivity contribution in [1.29, 1.82) is 0 Å². The van der Waals surface area contributed by atoms with E-state index < -0.39 is 0 Å². The molecular weight excluding hydrogens is 224 g/mol. The maximum absolute atomic E-state index is 5.40. The molecule has 0 amide bonds. The minimum Gasteiger partial charge on any atom is -0.494 e. The molecule has 88 valence electrons. The first-order valence-electron chi connectivity index (χ1n) is 5.71. The molecule has 0 saturated carbocycles. The highest BCUT2D eigenvalue weighted by Gasteiger charge is 2.06. The van der Waals surface area contributed by atoms with E-state index in [1.807, 2.05) is 24.3 Å². The maximum Gasteiger partial charge on any atom is 0.145 e. The molecule has 0 aliphatic carbocycles. The summed E-state index contributed by atoms with van der Waals surface area (Å²) in [5.74, 6) is 0.772. The predicted octanol–water partition coefficient (Wildman–Crippen LogP) is 3.31. The van der Waals surface area contributed by atoms with E-state index in [4.69, 9.17) is 4.74 Å². The molecule has 0 saturated heterocycles. The standard InChI is InChI=1S/C15H12N2O/c1-18-14-8-12(11-5-3-2-4-6-11)7-13-9-16-10-17-15(13)14/h2-10H,1H3. The zero-order valence-corrected chi connectivity index (χ0v) is 10.00. The summed E-state index contributed by atoms with van der Waals surface area (Å²) in [4.78, 5) is 8.31. The number of rotatable bonds is 2. The summed E-state index contributed by atoms with van der Waals surface area (Å²) in [5, 5.41) is 0.982. The Bertz CT molecular complexity index is 680. The highest BCUT2D eigenvalue weighted by molar-refractivity contribution is 5.89. The summed E-state index contributed by atoms with van der Waals surface area (Å²) in [5.41, 5.74) is 3.10. The van der Waals surface area contributed by atoms with Crippen molar-refractivity contribution in [1.82, 2.24) is 9.97 Å². The highest BCUT2D eigenvalue weighted by Crippen LogP contribution is 2.30. The number of nitrogens with zero attached hydrogens (tertiary/aromatic N) is 2. The molecular formula is C15H12N2O. The lowest BCUT2D eigenvalue weighted by molar-refractivity contribution is 0.419. The molecule has 0 spiro atoms. The monoisotopic (exact) mass is 236 g/mol. The van der Waals surface area contributed by atoms with Crippen LogP contribution in [0.25, 0.3) is 22.0 Å². The van der Waals surface area contributed by atoms with Gasteiger partial charge in [-0.15, -0.1) is 0 Å². The summed E-state index contributed by atoms with van der Waals surface area (Å²) in [6.07, 6.45) is 3.34. The second-order valence-corrected chi connectivity index (χ2v) is 4.01. The number of aromatic nitrogens is 2. The van der Waals surface area contributed by atoms with Gasteiger partial charge in [0.15, 0.2) is 0 Å². The van der Waals surface area contributed by atoms with E-state index in [0.29, 0.717) is 0 Å². The third-order valence-corrected chi connectivity index (χ3v) is 2.90. The minimum atomic E-state index is 0.772. The van der Waals surface area contributed by atoms with Crippen LogP contribution in [0.15, 0.2) is 55.0 Å². The zero-order chi connectivity index (χ0) is 12.4. The fourth-order valence-corrected chi connectivity index (χ4v) is 2.02. The van der Waals surface area contributed by atoms with Crippen molar-refractivity contribution in [3.05, 3.63) is 55.0 Å².